The van der Waals surface area contributed by atoms with Gasteiger partial charge in [-0.15, -0.1) is 0 Å². The average molecular weight is 361 g/mol. The maximum absolute atomic E-state index is 13.4. The minimum absolute atomic E-state index is 0.0173. The molecule has 0 atom stereocenters. The van der Waals surface area contributed by atoms with Crippen molar-refractivity contribution in [2.45, 2.75) is 0 Å². The fourth-order valence-electron chi connectivity index (χ4n) is 1.38. The number of nitrogens with two attached hydrogens (primary N) is 1. The highest BCUT2D eigenvalue weighted by atomic mass is 79.9. The van der Waals surface area contributed by atoms with E-state index in [2.05, 4.69) is 26.1 Å². The zero-order valence-corrected chi connectivity index (χ0v) is 12.2. The van der Waals surface area contributed by atoms with E-state index in [0.29, 0.717) is 10.2 Å². The SMILES string of the molecule is N/C(=N/O)c1cc(Oc2cc(F)c(Cl)cc2Br)ccn1. The van der Waals surface area contributed by atoms with Gasteiger partial charge >= 0.3 is 0 Å². The molecule has 2 rings (SSSR count). The first-order chi connectivity index (χ1) is 9.51. The minimum atomic E-state index is -0.601. The van der Waals surface area contributed by atoms with Crippen molar-refractivity contribution in [3.63, 3.8) is 0 Å². The van der Waals surface area contributed by atoms with E-state index in [-0.39, 0.29) is 22.3 Å². The van der Waals surface area contributed by atoms with Crippen molar-refractivity contribution in [3.05, 3.63) is 51.5 Å². The summed E-state index contributed by atoms with van der Waals surface area (Å²) in [5.41, 5.74) is 5.66. The largest absolute Gasteiger partial charge is 0.456 e. The van der Waals surface area contributed by atoms with E-state index in [4.69, 9.17) is 27.3 Å². The van der Waals surface area contributed by atoms with E-state index < -0.39 is 5.82 Å². The molecule has 5 nitrogen and oxygen atoms in total. The first-order valence-corrected chi connectivity index (χ1v) is 6.44. The second-order valence-corrected chi connectivity index (χ2v) is 4.92. The summed E-state index contributed by atoms with van der Waals surface area (Å²) < 4.78 is 19.4. The molecule has 1 aromatic heterocycles. The standard InChI is InChI=1S/C12H8BrClFN3O2/c13-7-4-8(14)9(15)5-11(7)20-6-1-2-17-10(3-6)12(16)18-19/h1-5,19H,(H2,16,18). The number of nitrogens with zero attached hydrogens (tertiary/aromatic N) is 2. The molecule has 0 saturated heterocycles. The Morgan fingerprint density at radius 3 is 2.90 bits per heavy atom. The van der Waals surface area contributed by atoms with Crippen LogP contribution in [0.5, 0.6) is 11.5 Å². The van der Waals surface area contributed by atoms with E-state index in [1.807, 2.05) is 0 Å². The molecule has 8 heteroatoms. The number of hydrogen-bond acceptors (Lipinski definition) is 4. The van der Waals surface area contributed by atoms with E-state index in [0.717, 1.165) is 6.07 Å². The molecule has 0 aliphatic rings. The van der Waals surface area contributed by atoms with Gasteiger partial charge in [-0.1, -0.05) is 16.8 Å². The Morgan fingerprint density at radius 2 is 2.20 bits per heavy atom. The first-order valence-electron chi connectivity index (χ1n) is 5.27. The third-order valence-electron chi connectivity index (χ3n) is 2.30. The fraction of sp³-hybridized carbons (Fsp3) is 0. The Labute approximate surface area is 127 Å². The van der Waals surface area contributed by atoms with E-state index in [9.17, 15) is 4.39 Å². The van der Waals surface area contributed by atoms with Crippen molar-refractivity contribution in [1.29, 1.82) is 0 Å². The van der Waals surface area contributed by atoms with Crippen LogP contribution in [0.25, 0.3) is 0 Å². The predicted octanol–water partition coefficient (Wildman–Crippen LogP) is 3.52. The average Bonchev–Trinajstić information content (AvgIpc) is 2.44. The van der Waals surface area contributed by atoms with Crippen LogP contribution in [0.15, 0.2) is 40.1 Å². The lowest BCUT2D eigenvalue weighted by atomic mass is 10.3. The molecule has 20 heavy (non-hydrogen) atoms. The number of halogens is 3. The lowest BCUT2D eigenvalue weighted by molar-refractivity contribution is 0.318. The summed E-state index contributed by atoms with van der Waals surface area (Å²) in [7, 11) is 0. The second-order valence-electron chi connectivity index (χ2n) is 3.66. The molecule has 0 bridgehead atoms. The zero-order valence-electron chi connectivity index (χ0n) is 9.85. The summed E-state index contributed by atoms with van der Waals surface area (Å²) >= 11 is 8.86. The highest BCUT2D eigenvalue weighted by Gasteiger charge is 2.10. The van der Waals surface area contributed by atoms with E-state index >= 15 is 0 Å². The maximum atomic E-state index is 13.4. The number of aromatic nitrogens is 1. The van der Waals surface area contributed by atoms with Gasteiger partial charge in [0.2, 0.25) is 0 Å². The molecule has 0 fully saturated rings. The summed E-state index contributed by atoms with van der Waals surface area (Å²) in [5, 5.41) is 11.4. The molecule has 0 amide bonds. The third-order valence-corrected chi connectivity index (χ3v) is 3.21. The lowest BCUT2D eigenvalue weighted by Crippen LogP contribution is -2.14. The van der Waals surface area contributed by atoms with Crippen LogP contribution >= 0.6 is 27.5 Å². The van der Waals surface area contributed by atoms with Crippen LogP contribution in [0.2, 0.25) is 5.02 Å². The Morgan fingerprint density at radius 1 is 1.45 bits per heavy atom. The smallest absolute Gasteiger partial charge is 0.188 e. The van der Waals surface area contributed by atoms with Crippen molar-refractivity contribution in [3.8, 4) is 11.5 Å². The first kappa shape index (κ1) is 14.5. The molecule has 0 aliphatic heterocycles. The number of amidine groups is 1. The maximum Gasteiger partial charge on any atom is 0.188 e. The van der Waals surface area contributed by atoms with Gasteiger partial charge in [-0.05, 0) is 28.1 Å². The molecule has 0 unspecified atom stereocenters. The molecular weight excluding hydrogens is 353 g/mol. The molecule has 104 valence electrons. The summed E-state index contributed by atoms with van der Waals surface area (Å²) in [4.78, 5) is 3.90. The number of ether oxygens (including phenoxy) is 1. The van der Waals surface area contributed by atoms with Gasteiger partial charge in [-0.3, -0.25) is 4.98 Å². The number of pyridine rings is 1. The van der Waals surface area contributed by atoms with Crippen molar-refractivity contribution >= 4 is 33.4 Å². The van der Waals surface area contributed by atoms with E-state index in [1.54, 1.807) is 6.07 Å². The van der Waals surface area contributed by atoms with Gasteiger partial charge in [-0.2, -0.15) is 0 Å². The quantitative estimate of drug-likeness (QED) is 0.288. The third kappa shape index (κ3) is 3.17. The Kier molecular flexibility index (Phi) is 4.41. The van der Waals surface area contributed by atoms with Crippen molar-refractivity contribution in [2.75, 3.05) is 0 Å². The number of oxime groups is 1. The van der Waals surface area contributed by atoms with Crippen LogP contribution in [0.3, 0.4) is 0 Å². The van der Waals surface area contributed by atoms with Crippen LogP contribution in [0, 0.1) is 5.82 Å². The molecule has 1 heterocycles. The van der Waals surface area contributed by atoms with Crippen LogP contribution in [0.1, 0.15) is 5.69 Å². The zero-order chi connectivity index (χ0) is 14.7. The molecule has 0 spiro atoms. The van der Waals surface area contributed by atoms with Gasteiger partial charge in [-0.25, -0.2) is 4.39 Å². The van der Waals surface area contributed by atoms with Gasteiger partial charge in [0.1, 0.15) is 23.0 Å². The summed E-state index contributed by atoms with van der Waals surface area (Å²) in [6.07, 6.45) is 1.42. The summed E-state index contributed by atoms with van der Waals surface area (Å²) in [6, 6.07) is 5.54. The van der Waals surface area contributed by atoms with Crippen molar-refractivity contribution in [2.24, 2.45) is 10.9 Å². The van der Waals surface area contributed by atoms with Gasteiger partial charge in [0.05, 0.1) is 9.50 Å². The highest BCUT2D eigenvalue weighted by molar-refractivity contribution is 9.10. The normalized spacial score (nSPS) is 11.4. The summed E-state index contributed by atoms with van der Waals surface area (Å²) in [5.74, 6) is -0.167. The van der Waals surface area contributed by atoms with Crippen LogP contribution in [-0.2, 0) is 0 Å². The highest BCUT2D eigenvalue weighted by Crippen LogP contribution is 2.33. The second kappa shape index (κ2) is 6.06. The molecule has 0 radical (unpaired) electrons. The van der Waals surface area contributed by atoms with Crippen molar-refractivity contribution in [1.82, 2.24) is 4.98 Å². The molecule has 2 aromatic rings. The minimum Gasteiger partial charge on any atom is -0.456 e. The van der Waals surface area contributed by atoms with E-state index in [1.165, 1.54) is 18.3 Å². The van der Waals surface area contributed by atoms with Crippen LogP contribution < -0.4 is 10.5 Å². The predicted molar refractivity (Wildman–Crippen MR) is 75.9 cm³/mol. The number of benzene rings is 1. The molecular formula is C12H8BrClFN3O2. The van der Waals surface area contributed by atoms with Crippen LogP contribution in [0.4, 0.5) is 4.39 Å². The Bertz CT molecular complexity index is 682. The number of hydrogen-bond donors (Lipinski definition) is 2. The monoisotopic (exact) mass is 359 g/mol. The van der Waals surface area contributed by atoms with Gasteiger partial charge in [0, 0.05) is 18.3 Å². The van der Waals surface area contributed by atoms with Gasteiger partial charge < -0.3 is 15.7 Å². The molecule has 0 saturated carbocycles. The Hall–Kier alpha value is -1.86. The lowest BCUT2D eigenvalue weighted by Gasteiger charge is -2.09. The molecule has 3 N–H and O–H groups in total. The van der Waals surface area contributed by atoms with Crippen molar-refractivity contribution < 1.29 is 14.3 Å². The fourth-order valence-corrected chi connectivity index (χ4v) is 2.10. The molecule has 1 aromatic carbocycles. The van der Waals surface area contributed by atoms with Gasteiger partial charge in [0.25, 0.3) is 0 Å². The number of rotatable bonds is 3. The van der Waals surface area contributed by atoms with Crippen LogP contribution in [-0.4, -0.2) is 16.0 Å². The molecule has 0 aliphatic carbocycles. The summed E-state index contributed by atoms with van der Waals surface area (Å²) in [6.45, 7) is 0. The topological polar surface area (TPSA) is 80.7 Å². The van der Waals surface area contributed by atoms with Gasteiger partial charge in [0.15, 0.2) is 5.84 Å². The Balaban J connectivity index is 2.33.